The van der Waals surface area contributed by atoms with Crippen LogP contribution in [0.1, 0.15) is 17.4 Å². The lowest BCUT2D eigenvalue weighted by atomic mass is 10.2. The van der Waals surface area contributed by atoms with Crippen LogP contribution in [0.3, 0.4) is 0 Å². The summed E-state index contributed by atoms with van der Waals surface area (Å²) in [6.45, 7) is 2.06. The summed E-state index contributed by atoms with van der Waals surface area (Å²) in [5.41, 5.74) is 7.98. The lowest BCUT2D eigenvalue weighted by Gasteiger charge is -2.11. The van der Waals surface area contributed by atoms with E-state index >= 15 is 0 Å². The molecule has 0 aliphatic rings. The zero-order valence-corrected chi connectivity index (χ0v) is 18.1. The lowest BCUT2D eigenvalue weighted by molar-refractivity contribution is 0.306. The smallest absolute Gasteiger partial charge is 0.151 e. The van der Waals surface area contributed by atoms with Gasteiger partial charge in [0.15, 0.2) is 5.82 Å². The van der Waals surface area contributed by atoms with Crippen LogP contribution < -0.4 is 15.8 Å². The molecule has 5 nitrogen and oxygen atoms in total. The van der Waals surface area contributed by atoms with E-state index in [9.17, 15) is 4.39 Å². The highest BCUT2D eigenvalue weighted by Crippen LogP contribution is 2.33. The van der Waals surface area contributed by atoms with Crippen molar-refractivity contribution in [3.05, 3.63) is 76.1 Å². The van der Waals surface area contributed by atoms with Crippen molar-refractivity contribution in [3.8, 4) is 17.6 Å². The maximum Gasteiger partial charge on any atom is 0.151 e. The Labute approximate surface area is 188 Å². The van der Waals surface area contributed by atoms with Gasteiger partial charge in [-0.25, -0.2) is 14.4 Å². The molecule has 4 rings (SSSR count). The molecule has 0 unspecified atom stereocenters. The number of rotatable bonds is 5. The van der Waals surface area contributed by atoms with Gasteiger partial charge in [0, 0.05) is 5.69 Å². The van der Waals surface area contributed by atoms with E-state index in [1.165, 1.54) is 29.8 Å². The molecule has 0 saturated carbocycles. The van der Waals surface area contributed by atoms with Gasteiger partial charge in [-0.1, -0.05) is 35.6 Å². The lowest BCUT2D eigenvalue weighted by Crippen LogP contribution is -2.10. The van der Waals surface area contributed by atoms with Crippen LogP contribution in [0.2, 0.25) is 5.02 Å². The molecule has 8 heteroatoms. The van der Waals surface area contributed by atoms with Crippen molar-refractivity contribution in [3.63, 3.8) is 0 Å². The van der Waals surface area contributed by atoms with Crippen molar-refractivity contribution in [1.82, 2.24) is 9.97 Å². The molecule has 0 fully saturated rings. The molecule has 0 radical (unpaired) electrons. The van der Waals surface area contributed by atoms with Crippen LogP contribution in [0.15, 0.2) is 54.9 Å². The Balaban J connectivity index is 1.51. The van der Waals surface area contributed by atoms with Crippen molar-refractivity contribution >= 4 is 44.7 Å². The van der Waals surface area contributed by atoms with Gasteiger partial charge < -0.3 is 15.8 Å². The van der Waals surface area contributed by atoms with Crippen LogP contribution in [0.4, 0.5) is 15.9 Å². The molecule has 4 aromatic rings. The summed E-state index contributed by atoms with van der Waals surface area (Å²) in [7, 11) is 0. The van der Waals surface area contributed by atoms with E-state index < -0.39 is 0 Å². The number of benzene rings is 2. The van der Waals surface area contributed by atoms with E-state index in [-0.39, 0.29) is 18.5 Å². The predicted octanol–water partition coefficient (Wildman–Crippen LogP) is 5.51. The summed E-state index contributed by atoms with van der Waals surface area (Å²) >= 11 is 7.88. The van der Waals surface area contributed by atoms with E-state index in [1.807, 2.05) is 19.1 Å². The summed E-state index contributed by atoms with van der Waals surface area (Å²) in [6.07, 6.45) is 1.50. The summed E-state index contributed by atoms with van der Waals surface area (Å²) in [6, 6.07) is 13.3. The van der Waals surface area contributed by atoms with Crippen LogP contribution in [0.25, 0.3) is 10.2 Å². The Morgan fingerprint density at radius 3 is 2.87 bits per heavy atom. The number of hydrogen-bond acceptors (Lipinski definition) is 6. The van der Waals surface area contributed by atoms with Crippen LogP contribution in [-0.4, -0.2) is 16.0 Å². The highest BCUT2D eigenvalue weighted by atomic mass is 35.5. The van der Waals surface area contributed by atoms with E-state index in [0.717, 1.165) is 26.3 Å². The van der Waals surface area contributed by atoms with Gasteiger partial charge in [-0.2, -0.15) is 0 Å². The number of nitrogens with two attached hydrogens (primary N) is 1. The van der Waals surface area contributed by atoms with Gasteiger partial charge in [-0.05, 0) is 48.9 Å². The fourth-order valence-corrected chi connectivity index (χ4v) is 3.96. The number of anilines is 2. The minimum atomic E-state index is -0.303. The average Bonchev–Trinajstić information content (AvgIpc) is 3.16. The first kappa shape index (κ1) is 21.1. The normalized spacial score (nSPS) is 11.6. The van der Waals surface area contributed by atoms with E-state index in [4.69, 9.17) is 22.1 Å². The van der Waals surface area contributed by atoms with Gasteiger partial charge in [-0.3, -0.25) is 0 Å². The summed E-state index contributed by atoms with van der Waals surface area (Å²) < 4.78 is 19.9. The number of fused-ring (bicyclic) bond motifs is 1. The molecule has 156 valence electrons. The molecule has 0 amide bonds. The maximum atomic E-state index is 13.3. The molecule has 2 aromatic heterocycles. The third-order valence-corrected chi connectivity index (χ3v) is 5.55. The van der Waals surface area contributed by atoms with Gasteiger partial charge in [0.2, 0.25) is 0 Å². The van der Waals surface area contributed by atoms with E-state index in [0.29, 0.717) is 16.6 Å². The van der Waals surface area contributed by atoms with Gasteiger partial charge in [0.25, 0.3) is 0 Å². The average molecular weight is 453 g/mol. The largest absolute Gasteiger partial charge is 0.487 e. The molecule has 0 aliphatic carbocycles. The topological polar surface area (TPSA) is 73.1 Å². The molecule has 0 bridgehead atoms. The van der Waals surface area contributed by atoms with Crippen LogP contribution in [0.5, 0.6) is 5.75 Å². The van der Waals surface area contributed by atoms with Crippen molar-refractivity contribution < 1.29 is 9.13 Å². The highest BCUT2D eigenvalue weighted by Gasteiger charge is 2.10. The monoisotopic (exact) mass is 452 g/mol. The van der Waals surface area contributed by atoms with Gasteiger partial charge in [-0.15, -0.1) is 11.3 Å². The zero-order chi connectivity index (χ0) is 21.8. The van der Waals surface area contributed by atoms with Crippen LogP contribution in [0, 0.1) is 17.7 Å². The number of aromatic nitrogens is 2. The second-order valence-electron chi connectivity index (χ2n) is 6.79. The Hall–Kier alpha value is -3.18. The molecular formula is C23H18ClFN4OS. The first-order valence-corrected chi connectivity index (χ1v) is 10.6. The summed E-state index contributed by atoms with van der Waals surface area (Å²) in [5, 5.41) is 3.70. The minimum Gasteiger partial charge on any atom is -0.487 e. The van der Waals surface area contributed by atoms with Gasteiger partial charge in [0.1, 0.15) is 24.5 Å². The van der Waals surface area contributed by atoms with E-state index in [2.05, 4.69) is 27.1 Å². The second kappa shape index (κ2) is 9.31. The Bertz CT molecular complexity index is 1300. The van der Waals surface area contributed by atoms with Gasteiger partial charge >= 0.3 is 0 Å². The van der Waals surface area contributed by atoms with Crippen molar-refractivity contribution in [2.45, 2.75) is 19.6 Å². The standard InChI is InChI=1S/C23H18ClFN4OS/c1-14(26)5-7-18-11-20-22(31-18)23(28-13-27-20)29-17-6-8-21(19(24)10-17)30-12-15-3-2-4-16(25)9-15/h2-4,6,8-11,13-14H,12,26H2,1H3,(H,27,28,29)/t14-/m0/s1. The molecule has 31 heavy (non-hydrogen) atoms. The van der Waals surface area contributed by atoms with Crippen molar-refractivity contribution in [2.24, 2.45) is 5.73 Å². The first-order chi connectivity index (χ1) is 15.0. The molecule has 0 spiro atoms. The number of nitrogens with zero attached hydrogens (tertiary/aromatic N) is 2. The first-order valence-electron chi connectivity index (χ1n) is 9.43. The molecule has 2 aromatic carbocycles. The second-order valence-corrected chi connectivity index (χ2v) is 8.25. The molecule has 2 heterocycles. The van der Waals surface area contributed by atoms with Crippen LogP contribution in [-0.2, 0) is 6.61 Å². The third-order valence-electron chi connectivity index (χ3n) is 4.21. The Morgan fingerprint density at radius 2 is 2.10 bits per heavy atom. The molecule has 0 saturated heterocycles. The fourth-order valence-electron chi connectivity index (χ4n) is 2.81. The molecule has 0 aliphatic heterocycles. The number of ether oxygens (including phenoxy) is 1. The van der Waals surface area contributed by atoms with Crippen molar-refractivity contribution in [2.75, 3.05) is 5.32 Å². The third kappa shape index (κ3) is 5.30. The minimum absolute atomic E-state index is 0.197. The van der Waals surface area contributed by atoms with Crippen molar-refractivity contribution in [1.29, 1.82) is 0 Å². The number of nitrogens with one attached hydrogen (secondary N) is 1. The van der Waals surface area contributed by atoms with Crippen LogP contribution >= 0.6 is 22.9 Å². The predicted molar refractivity (Wildman–Crippen MR) is 123 cm³/mol. The molecule has 1 atom stereocenters. The summed E-state index contributed by atoms with van der Waals surface area (Å²) in [5.74, 6) is 6.87. The van der Waals surface area contributed by atoms with E-state index in [1.54, 1.807) is 24.3 Å². The SMILES string of the molecule is C[C@H](N)C#Cc1cc2ncnc(Nc3ccc(OCc4cccc(F)c4)c(Cl)c3)c2s1. The molecular weight excluding hydrogens is 435 g/mol. The zero-order valence-electron chi connectivity index (χ0n) is 16.5. The number of halogens is 2. The number of thiophene rings is 1. The molecule has 3 N–H and O–H groups in total. The highest BCUT2D eigenvalue weighted by molar-refractivity contribution is 7.20. The number of hydrogen-bond donors (Lipinski definition) is 2. The Morgan fingerprint density at radius 1 is 1.23 bits per heavy atom. The maximum absolute atomic E-state index is 13.3. The quantitative estimate of drug-likeness (QED) is 0.391. The fraction of sp³-hybridized carbons (Fsp3) is 0.130. The van der Waals surface area contributed by atoms with Gasteiger partial charge in [0.05, 0.1) is 26.2 Å². The Kier molecular flexibility index (Phi) is 6.33. The summed E-state index contributed by atoms with van der Waals surface area (Å²) in [4.78, 5) is 9.53.